The highest BCUT2D eigenvalue weighted by Gasteiger charge is 2.16. The fourth-order valence-corrected chi connectivity index (χ4v) is 1.41. The van der Waals surface area contributed by atoms with E-state index in [0.717, 1.165) is 16.6 Å². The first-order valence-corrected chi connectivity index (χ1v) is 5.62. The Bertz CT molecular complexity index is 368. The summed E-state index contributed by atoms with van der Waals surface area (Å²) in [5, 5.41) is 8.82. The molecular weight excluding hydrogens is 254 g/mol. The van der Waals surface area contributed by atoms with Crippen LogP contribution in [0, 0.1) is 16.7 Å². The Morgan fingerprint density at radius 2 is 2.20 bits per heavy atom. The topological polar surface area (TPSA) is 33.0 Å². The highest BCUT2D eigenvalue weighted by molar-refractivity contribution is 9.10. The van der Waals surface area contributed by atoms with Gasteiger partial charge in [-0.15, -0.1) is 0 Å². The lowest BCUT2D eigenvalue weighted by atomic mass is 9.92. The van der Waals surface area contributed by atoms with Gasteiger partial charge < -0.3 is 4.74 Å². The number of hydrogen-bond donors (Lipinski definition) is 0. The summed E-state index contributed by atoms with van der Waals surface area (Å²) in [7, 11) is 0. The van der Waals surface area contributed by atoms with Crippen LogP contribution in [0.2, 0.25) is 0 Å². The lowest BCUT2D eigenvalue weighted by molar-refractivity contribution is 0.264. The summed E-state index contributed by atoms with van der Waals surface area (Å²) in [4.78, 5) is 0. The highest BCUT2D eigenvalue weighted by Crippen LogP contribution is 2.21. The van der Waals surface area contributed by atoms with Crippen LogP contribution in [0.3, 0.4) is 0 Å². The molecule has 0 spiro atoms. The molecule has 0 aliphatic heterocycles. The Morgan fingerprint density at radius 1 is 1.47 bits per heavy atom. The van der Waals surface area contributed by atoms with Gasteiger partial charge in [-0.1, -0.05) is 22.0 Å². The van der Waals surface area contributed by atoms with Crippen molar-refractivity contribution in [3.8, 4) is 11.8 Å². The molecule has 80 valence electrons. The highest BCUT2D eigenvalue weighted by atomic mass is 79.9. The van der Waals surface area contributed by atoms with Crippen LogP contribution in [0.4, 0.5) is 0 Å². The first kappa shape index (κ1) is 12.1. The molecule has 0 amide bonds. The molecule has 0 aliphatic carbocycles. The molecule has 1 aromatic rings. The van der Waals surface area contributed by atoms with Crippen LogP contribution in [-0.4, -0.2) is 6.61 Å². The molecule has 0 radical (unpaired) electrons. The van der Waals surface area contributed by atoms with Gasteiger partial charge in [0, 0.05) is 4.47 Å². The largest absolute Gasteiger partial charge is 0.494 e. The van der Waals surface area contributed by atoms with E-state index in [2.05, 4.69) is 22.0 Å². The average molecular weight is 268 g/mol. The van der Waals surface area contributed by atoms with Gasteiger partial charge in [0.05, 0.1) is 18.1 Å². The van der Waals surface area contributed by atoms with Crippen molar-refractivity contribution in [3.05, 3.63) is 28.7 Å². The minimum absolute atomic E-state index is 0.313. The molecule has 0 aliphatic rings. The molecule has 3 heteroatoms. The summed E-state index contributed by atoms with van der Waals surface area (Å²) >= 11 is 3.37. The molecule has 0 bridgehead atoms. The van der Waals surface area contributed by atoms with Crippen molar-refractivity contribution >= 4 is 15.9 Å². The van der Waals surface area contributed by atoms with Gasteiger partial charge >= 0.3 is 0 Å². The third-order valence-electron chi connectivity index (χ3n) is 2.09. The van der Waals surface area contributed by atoms with Gasteiger partial charge in [0.1, 0.15) is 5.75 Å². The van der Waals surface area contributed by atoms with Crippen molar-refractivity contribution in [2.75, 3.05) is 6.61 Å². The van der Waals surface area contributed by atoms with Crippen molar-refractivity contribution in [1.82, 2.24) is 0 Å². The molecule has 0 N–H and O–H groups in total. The summed E-state index contributed by atoms with van der Waals surface area (Å²) in [5.41, 5.74) is -0.313. The SMILES string of the molecule is CC(C)(C#N)CCOc1cccc(Br)c1. The van der Waals surface area contributed by atoms with Crippen LogP contribution in [0.25, 0.3) is 0 Å². The molecule has 0 unspecified atom stereocenters. The Hall–Kier alpha value is -1.01. The van der Waals surface area contributed by atoms with Crippen LogP contribution in [0.5, 0.6) is 5.75 Å². The summed E-state index contributed by atoms with van der Waals surface area (Å²) < 4.78 is 6.54. The maximum absolute atomic E-state index is 8.82. The van der Waals surface area contributed by atoms with Gasteiger partial charge in [-0.2, -0.15) is 5.26 Å². The van der Waals surface area contributed by atoms with Gasteiger partial charge in [-0.05, 0) is 38.5 Å². The normalized spacial score (nSPS) is 10.8. The second kappa shape index (κ2) is 5.18. The number of nitrogens with zero attached hydrogens (tertiary/aromatic N) is 1. The van der Waals surface area contributed by atoms with E-state index in [1.807, 2.05) is 38.1 Å². The van der Waals surface area contributed by atoms with E-state index in [-0.39, 0.29) is 5.41 Å². The number of ether oxygens (including phenoxy) is 1. The predicted octanol–water partition coefficient (Wildman–Crippen LogP) is 3.77. The molecule has 0 atom stereocenters. The zero-order valence-corrected chi connectivity index (χ0v) is 10.5. The minimum Gasteiger partial charge on any atom is -0.494 e. The molecule has 0 saturated carbocycles. The molecule has 0 saturated heterocycles. The van der Waals surface area contributed by atoms with E-state index in [9.17, 15) is 0 Å². The van der Waals surface area contributed by atoms with E-state index in [0.29, 0.717) is 6.61 Å². The quantitative estimate of drug-likeness (QED) is 0.832. The third-order valence-corrected chi connectivity index (χ3v) is 2.59. The standard InChI is InChI=1S/C12H14BrNO/c1-12(2,9-14)6-7-15-11-5-3-4-10(13)8-11/h3-5,8H,6-7H2,1-2H3. The molecule has 2 nitrogen and oxygen atoms in total. The zero-order chi connectivity index (χ0) is 11.3. The average Bonchev–Trinajstić information content (AvgIpc) is 2.18. The van der Waals surface area contributed by atoms with Gasteiger partial charge in [-0.25, -0.2) is 0 Å². The molecule has 1 aromatic carbocycles. The first-order chi connectivity index (χ1) is 7.03. The second-order valence-corrected chi connectivity index (χ2v) is 4.97. The van der Waals surface area contributed by atoms with E-state index in [1.54, 1.807) is 0 Å². The van der Waals surface area contributed by atoms with E-state index in [1.165, 1.54) is 0 Å². The van der Waals surface area contributed by atoms with E-state index in [4.69, 9.17) is 10.00 Å². The number of rotatable bonds is 4. The molecule has 15 heavy (non-hydrogen) atoms. The van der Waals surface area contributed by atoms with Crippen LogP contribution >= 0.6 is 15.9 Å². The van der Waals surface area contributed by atoms with Gasteiger partial charge in [0.15, 0.2) is 0 Å². The van der Waals surface area contributed by atoms with E-state index >= 15 is 0 Å². The Labute approximate surface area is 99.0 Å². The predicted molar refractivity (Wildman–Crippen MR) is 63.6 cm³/mol. The molecule has 1 rings (SSSR count). The summed E-state index contributed by atoms with van der Waals surface area (Å²) in [6, 6.07) is 9.95. The van der Waals surface area contributed by atoms with Crippen molar-refractivity contribution in [1.29, 1.82) is 5.26 Å². The maximum atomic E-state index is 8.82. The van der Waals surface area contributed by atoms with Crippen LogP contribution in [0.15, 0.2) is 28.7 Å². The molecule has 0 heterocycles. The van der Waals surface area contributed by atoms with Crippen molar-refractivity contribution in [3.63, 3.8) is 0 Å². The lowest BCUT2D eigenvalue weighted by Gasteiger charge is -2.15. The number of halogens is 1. The monoisotopic (exact) mass is 267 g/mol. The summed E-state index contributed by atoms with van der Waals surface area (Å²) in [6.07, 6.45) is 0.732. The number of benzene rings is 1. The third kappa shape index (κ3) is 4.35. The lowest BCUT2D eigenvalue weighted by Crippen LogP contribution is -2.13. The fourth-order valence-electron chi connectivity index (χ4n) is 1.04. The molecule has 0 fully saturated rings. The second-order valence-electron chi connectivity index (χ2n) is 4.05. The Balaban J connectivity index is 2.42. The van der Waals surface area contributed by atoms with Crippen molar-refractivity contribution in [2.45, 2.75) is 20.3 Å². The number of nitriles is 1. The Morgan fingerprint density at radius 3 is 2.80 bits per heavy atom. The first-order valence-electron chi connectivity index (χ1n) is 4.83. The van der Waals surface area contributed by atoms with E-state index < -0.39 is 0 Å². The fraction of sp³-hybridized carbons (Fsp3) is 0.417. The van der Waals surface area contributed by atoms with Gasteiger partial charge in [0.2, 0.25) is 0 Å². The summed E-state index contributed by atoms with van der Waals surface area (Å²) in [6.45, 7) is 4.39. The van der Waals surface area contributed by atoms with Crippen LogP contribution in [-0.2, 0) is 0 Å². The van der Waals surface area contributed by atoms with Crippen LogP contribution in [0.1, 0.15) is 20.3 Å². The van der Waals surface area contributed by atoms with Crippen LogP contribution < -0.4 is 4.74 Å². The van der Waals surface area contributed by atoms with Crippen molar-refractivity contribution < 1.29 is 4.74 Å². The summed E-state index contributed by atoms with van der Waals surface area (Å²) in [5.74, 6) is 0.832. The molecular formula is C12H14BrNO. The maximum Gasteiger partial charge on any atom is 0.120 e. The van der Waals surface area contributed by atoms with Crippen molar-refractivity contribution in [2.24, 2.45) is 5.41 Å². The Kier molecular flexibility index (Phi) is 4.16. The van der Waals surface area contributed by atoms with Gasteiger partial charge in [-0.3, -0.25) is 0 Å². The minimum atomic E-state index is -0.313. The molecule has 0 aromatic heterocycles. The zero-order valence-electron chi connectivity index (χ0n) is 8.96. The smallest absolute Gasteiger partial charge is 0.120 e. The van der Waals surface area contributed by atoms with Gasteiger partial charge in [0.25, 0.3) is 0 Å². The number of hydrogen-bond acceptors (Lipinski definition) is 2.